The molecule has 9 heteroatoms. The lowest BCUT2D eigenvalue weighted by Crippen LogP contribution is -2.49. The van der Waals surface area contributed by atoms with Crippen LogP contribution in [0.3, 0.4) is 0 Å². The highest BCUT2D eigenvalue weighted by Crippen LogP contribution is 2.20. The zero-order valence-corrected chi connectivity index (χ0v) is 16.9. The molecule has 2 aromatic carbocycles. The van der Waals surface area contributed by atoms with Crippen LogP contribution in [0.4, 0.5) is 0 Å². The number of nitrogens with one attached hydrogen (secondary N) is 3. The fraction of sp³-hybridized carbons (Fsp3) is 0.167. The Kier molecular flexibility index (Phi) is 7.41. The highest BCUT2D eigenvalue weighted by Gasteiger charge is 2.12. The van der Waals surface area contributed by atoms with E-state index in [1.807, 2.05) is 32.0 Å². The van der Waals surface area contributed by atoms with Crippen molar-refractivity contribution in [1.82, 2.24) is 16.2 Å². The Bertz CT molecular complexity index is 890. The zero-order valence-electron chi connectivity index (χ0n) is 14.6. The maximum Gasteiger partial charge on any atom is 0.271 e. The molecule has 0 fully saturated rings. The Hall–Kier alpha value is -2.35. The third kappa shape index (κ3) is 6.39. The number of hydrogen-bond donors (Lipinski definition) is 3. The second kappa shape index (κ2) is 9.55. The minimum Gasteiger partial charge on any atom is -0.483 e. The highest BCUT2D eigenvalue weighted by atomic mass is 35.5. The van der Waals surface area contributed by atoms with Crippen LogP contribution in [-0.2, 0) is 4.79 Å². The molecule has 2 aromatic rings. The number of thiocarbonyl (C=S) groups is 1. The van der Waals surface area contributed by atoms with Crippen molar-refractivity contribution in [3.63, 3.8) is 0 Å². The van der Waals surface area contributed by atoms with Crippen LogP contribution in [0.15, 0.2) is 36.4 Å². The minimum atomic E-state index is -0.528. The first-order chi connectivity index (χ1) is 12.8. The number of hydrazine groups is 1. The highest BCUT2D eigenvalue weighted by molar-refractivity contribution is 7.80. The summed E-state index contributed by atoms with van der Waals surface area (Å²) < 4.78 is 5.49. The van der Waals surface area contributed by atoms with Gasteiger partial charge >= 0.3 is 0 Å². The molecule has 2 rings (SSSR count). The quantitative estimate of drug-likeness (QED) is 0.517. The number of carbonyl (C=O) groups is 2. The summed E-state index contributed by atoms with van der Waals surface area (Å²) in [5.41, 5.74) is 6.92. The number of ether oxygens (including phenoxy) is 1. The average molecular weight is 426 g/mol. The van der Waals surface area contributed by atoms with Crippen molar-refractivity contribution >= 4 is 52.3 Å². The molecule has 0 radical (unpaired) electrons. The van der Waals surface area contributed by atoms with E-state index in [1.165, 1.54) is 18.2 Å². The normalized spacial score (nSPS) is 10.1. The molecule has 0 aliphatic carbocycles. The Balaban J connectivity index is 1.80. The Labute approximate surface area is 172 Å². The van der Waals surface area contributed by atoms with E-state index in [0.29, 0.717) is 10.8 Å². The SMILES string of the molecule is Cc1ccc(C)c(OCC(=O)NC(=S)NNC(=O)c2ccc(Cl)cc2Cl)c1. The van der Waals surface area contributed by atoms with Crippen molar-refractivity contribution in [3.8, 4) is 5.75 Å². The van der Waals surface area contributed by atoms with Crippen molar-refractivity contribution in [2.75, 3.05) is 6.61 Å². The van der Waals surface area contributed by atoms with Crippen LogP contribution in [0.2, 0.25) is 10.0 Å². The molecule has 0 aliphatic heterocycles. The van der Waals surface area contributed by atoms with Crippen LogP contribution in [0.25, 0.3) is 0 Å². The van der Waals surface area contributed by atoms with Crippen molar-refractivity contribution in [1.29, 1.82) is 0 Å². The molecule has 2 amide bonds. The van der Waals surface area contributed by atoms with Gasteiger partial charge in [-0.1, -0.05) is 35.3 Å². The van der Waals surface area contributed by atoms with Gasteiger partial charge in [-0.25, -0.2) is 0 Å². The number of rotatable bonds is 4. The number of halogens is 2. The minimum absolute atomic E-state index is 0.0806. The van der Waals surface area contributed by atoms with Gasteiger partial charge in [-0.05, 0) is 61.5 Å². The molecular weight excluding hydrogens is 409 g/mol. The summed E-state index contributed by atoms with van der Waals surface area (Å²) in [5.74, 6) is -0.373. The number of carbonyl (C=O) groups excluding carboxylic acids is 2. The van der Waals surface area contributed by atoms with Gasteiger partial charge in [-0.15, -0.1) is 0 Å². The van der Waals surface area contributed by atoms with E-state index in [1.54, 1.807) is 0 Å². The number of hydrogen-bond acceptors (Lipinski definition) is 4. The van der Waals surface area contributed by atoms with Gasteiger partial charge in [0.2, 0.25) is 0 Å². The van der Waals surface area contributed by atoms with Crippen molar-refractivity contribution in [2.45, 2.75) is 13.8 Å². The zero-order chi connectivity index (χ0) is 20.0. The van der Waals surface area contributed by atoms with E-state index in [9.17, 15) is 9.59 Å². The number of aryl methyl sites for hydroxylation is 2. The average Bonchev–Trinajstić information content (AvgIpc) is 2.60. The first-order valence-electron chi connectivity index (χ1n) is 7.81. The molecule has 0 spiro atoms. The second-order valence-electron chi connectivity index (χ2n) is 5.64. The van der Waals surface area contributed by atoms with E-state index in [2.05, 4.69) is 16.2 Å². The van der Waals surface area contributed by atoms with Gasteiger partial charge in [-0.3, -0.25) is 25.8 Å². The van der Waals surface area contributed by atoms with E-state index < -0.39 is 11.8 Å². The van der Waals surface area contributed by atoms with E-state index in [4.69, 9.17) is 40.2 Å². The molecule has 0 saturated heterocycles. The fourth-order valence-electron chi connectivity index (χ4n) is 2.05. The fourth-order valence-corrected chi connectivity index (χ4v) is 2.71. The molecular formula is C18H17Cl2N3O3S. The van der Waals surface area contributed by atoms with Gasteiger partial charge in [0.15, 0.2) is 11.7 Å². The molecule has 0 atom stereocenters. The third-order valence-corrected chi connectivity index (χ3v) is 4.17. The molecule has 0 unspecified atom stereocenters. The maximum atomic E-state index is 12.0. The van der Waals surface area contributed by atoms with Crippen molar-refractivity contribution in [2.24, 2.45) is 0 Å². The van der Waals surface area contributed by atoms with Gasteiger partial charge in [0.1, 0.15) is 5.75 Å². The molecule has 3 N–H and O–H groups in total. The third-order valence-electron chi connectivity index (χ3n) is 3.42. The Morgan fingerprint density at radius 3 is 2.52 bits per heavy atom. The first kappa shape index (κ1) is 21.0. The van der Waals surface area contributed by atoms with Crippen molar-refractivity contribution < 1.29 is 14.3 Å². The van der Waals surface area contributed by atoms with E-state index >= 15 is 0 Å². The lowest BCUT2D eigenvalue weighted by molar-refractivity contribution is -0.121. The van der Waals surface area contributed by atoms with Gasteiger partial charge in [-0.2, -0.15) is 0 Å². The maximum absolute atomic E-state index is 12.0. The van der Waals surface area contributed by atoms with Crippen LogP contribution >= 0.6 is 35.4 Å². The molecule has 6 nitrogen and oxygen atoms in total. The summed E-state index contributed by atoms with van der Waals surface area (Å²) in [6, 6.07) is 10.2. The van der Waals surface area contributed by atoms with Crippen molar-refractivity contribution in [3.05, 3.63) is 63.1 Å². The summed E-state index contributed by atoms with van der Waals surface area (Å²) >= 11 is 16.7. The van der Waals surface area contributed by atoms with E-state index in [-0.39, 0.29) is 22.3 Å². The number of amides is 2. The number of benzene rings is 2. The van der Waals surface area contributed by atoms with Gasteiger partial charge in [0, 0.05) is 5.02 Å². The van der Waals surface area contributed by atoms with Crippen LogP contribution in [0.1, 0.15) is 21.5 Å². The smallest absolute Gasteiger partial charge is 0.271 e. The molecule has 142 valence electrons. The molecule has 27 heavy (non-hydrogen) atoms. The molecule has 0 aliphatic rings. The predicted molar refractivity (Wildman–Crippen MR) is 109 cm³/mol. The van der Waals surface area contributed by atoms with Crippen LogP contribution in [0.5, 0.6) is 5.75 Å². The lowest BCUT2D eigenvalue weighted by atomic mass is 10.1. The van der Waals surface area contributed by atoms with E-state index in [0.717, 1.165) is 11.1 Å². The molecule has 0 saturated carbocycles. The molecule has 0 heterocycles. The van der Waals surface area contributed by atoms with Crippen LogP contribution < -0.4 is 20.9 Å². The standard InChI is InChI=1S/C18H17Cl2N3O3S/c1-10-3-4-11(2)15(7-10)26-9-16(24)21-18(27)23-22-17(25)13-6-5-12(19)8-14(13)20/h3-8H,9H2,1-2H3,(H,22,25)(H2,21,23,24,27). The molecule has 0 aromatic heterocycles. The largest absolute Gasteiger partial charge is 0.483 e. The summed E-state index contributed by atoms with van der Waals surface area (Å²) in [4.78, 5) is 24.0. The van der Waals surface area contributed by atoms with Gasteiger partial charge < -0.3 is 4.74 Å². The molecule has 0 bridgehead atoms. The second-order valence-corrected chi connectivity index (χ2v) is 6.89. The van der Waals surface area contributed by atoms with Gasteiger partial charge in [0.25, 0.3) is 11.8 Å². The summed E-state index contributed by atoms with van der Waals surface area (Å²) in [5, 5.41) is 2.93. The topological polar surface area (TPSA) is 79.5 Å². The summed E-state index contributed by atoms with van der Waals surface area (Å²) in [7, 11) is 0. The van der Waals surface area contributed by atoms with Crippen LogP contribution in [-0.4, -0.2) is 23.5 Å². The lowest BCUT2D eigenvalue weighted by Gasteiger charge is -2.13. The summed E-state index contributed by atoms with van der Waals surface area (Å²) in [6.07, 6.45) is 0. The monoisotopic (exact) mass is 425 g/mol. The Morgan fingerprint density at radius 1 is 1.07 bits per heavy atom. The van der Waals surface area contributed by atoms with Gasteiger partial charge in [0.05, 0.1) is 10.6 Å². The first-order valence-corrected chi connectivity index (χ1v) is 8.98. The van der Waals surface area contributed by atoms with Crippen LogP contribution in [0, 0.1) is 13.8 Å². The predicted octanol–water partition coefficient (Wildman–Crippen LogP) is 3.32. The summed E-state index contributed by atoms with van der Waals surface area (Å²) in [6.45, 7) is 3.60. The Morgan fingerprint density at radius 2 is 1.81 bits per heavy atom.